The number of amides is 1. The van der Waals surface area contributed by atoms with Gasteiger partial charge in [0, 0.05) is 0 Å². The summed E-state index contributed by atoms with van der Waals surface area (Å²) in [4.78, 5) is 11.7. The highest BCUT2D eigenvalue weighted by Gasteiger charge is 2.11. The van der Waals surface area contributed by atoms with Gasteiger partial charge in [-0.2, -0.15) is 0 Å². The number of halogens is 2. The molecule has 110 valence electrons. The van der Waals surface area contributed by atoms with Gasteiger partial charge < -0.3 is 9.73 Å². The molecule has 3 N–H and O–H groups in total. The van der Waals surface area contributed by atoms with E-state index in [-0.39, 0.29) is 10.9 Å². The van der Waals surface area contributed by atoms with Gasteiger partial charge in [0.05, 0.1) is 15.7 Å². The highest BCUT2D eigenvalue weighted by molar-refractivity contribution is 7.80. The number of para-hydroxylation sites is 1. The fraction of sp³-hybridized carbons (Fsp3) is 0.0769. The number of benzene rings is 1. The van der Waals surface area contributed by atoms with Crippen LogP contribution in [0.25, 0.3) is 0 Å². The molecule has 0 aliphatic carbocycles. The van der Waals surface area contributed by atoms with Crippen molar-refractivity contribution >= 4 is 52.1 Å². The Morgan fingerprint density at radius 3 is 2.38 bits per heavy atom. The van der Waals surface area contributed by atoms with Crippen molar-refractivity contribution in [2.45, 2.75) is 6.92 Å². The summed E-state index contributed by atoms with van der Waals surface area (Å²) in [6.45, 7) is 1.75. The van der Waals surface area contributed by atoms with Crippen LogP contribution in [-0.2, 0) is 0 Å². The fourth-order valence-electron chi connectivity index (χ4n) is 1.49. The van der Waals surface area contributed by atoms with E-state index in [1.54, 1.807) is 37.3 Å². The van der Waals surface area contributed by atoms with Gasteiger partial charge in [0.2, 0.25) is 0 Å². The second-order valence-corrected chi connectivity index (χ2v) is 5.26. The van der Waals surface area contributed by atoms with Crippen LogP contribution < -0.4 is 16.2 Å². The van der Waals surface area contributed by atoms with Crippen LogP contribution in [0.5, 0.6) is 0 Å². The molecule has 5 nitrogen and oxygen atoms in total. The molecule has 0 fully saturated rings. The Hall–Kier alpha value is -1.76. The summed E-state index contributed by atoms with van der Waals surface area (Å²) in [6, 6.07) is 8.31. The third kappa shape index (κ3) is 4.10. The van der Waals surface area contributed by atoms with Gasteiger partial charge in [-0.25, -0.2) is 0 Å². The molecule has 0 aliphatic heterocycles. The third-order valence-electron chi connectivity index (χ3n) is 2.46. The second kappa shape index (κ2) is 6.80. The second-order valence-electron chi connectivity index (χ2n) is 4.04. The number of hydrogen-bond acceptors (Lipinski definition) is 3. The number of anilines is 1. The Labute approximate surface area is 136 Å². The van der Waals surface area contributed by atoms with Crippen molar-refractivity contribution in [3.05, 3.63) is 51.9 Å². The van der Waals surface area contributed by atoms with Gasteiger partial charge in [-0.1, -0.05) is 29.3 Å². The lowest BCUT2D eigenvalue weighted by molar-refractivity contribution is 0.0915. The fourth-order valence-corrected chi connectivity index (χ4v) is 2.14. The molecule has 0 atom stereocenters. The monoisotopic (exact) mass is 343 g/mol. The van der Waals surface area contributed by atoms with E-state index >= 15 is 0 Å². The van der Waals surface area contributed by atoms with Gasteiger partial charge in [0.1, 0.15) is 5.76 Å². The zero-order chi connectivity index (χ0) is 15.4. The van der Waals surface area contributed by atoms with Crippen LogP contribution >= 0.6 is 35.4 Å². The summed E-state index contributed by atoms with van der Waals surface area (Å²) in [7, 11) is 0. The standard InChI is InChI=1S/C13H11Cl2N3O2S/c1-7-5-6-10(20-7)12(19)17-18-13(21)16-11-8(14)3-2-4-9(11)15/h2-6H,1H3,(H,17,19)(H2,16,18,21). The highest BCUT2D eigenvalue weighted by Crippen LogP contribution is 2.29. The van der Waals surface area contributed by atoms with Crippen molar-refractivity contribution in [1.82, 2.24) is 10.9 Å². The summed E-state index contributed by atoms with van der Waals surface area (Å²) in [6.07, 6.45) is 0. The number of aryl methyl sites for hydroxylation is 1. The molecular weight excluding hydrogens is 333 g/mol. The predicted molar refractivity (Wildman–Crippen MR) is 86.7 cm³/mol. The molecule has 0 spiro atoms. The molecule has 0 aliphatic rings. The van der Waals surface area contributed by atoms with Gasteiger partial charge in [-0.3, -0.25) is 15.6 Å². The topological polar surface area (TPSA) is 66.3 Å². The smallest absolute Gasteiger partial charge is 0.305 e. The number of nitrogens with one attached hydrogen (secondary N) is 3. The SMILES string of the molecule is Cc1ccc(C(=O)NNC(=S)Nc2c(Cl)cccc2Cl)o1. The van der Waals surface area contributed by atoms with Crippen molar-refractivity contribution in [3.63, 3.8) is 0 Å². The first-order valence-electron chi connectivity index (χ1n) is 5.85. The lowest BCUT2D eigenvalue weighted by atomic mass is 10.3. The van der Waals surface area contributed by atoms with E-state index in [1.165, 1.54) is 0 Å². The minimum absolute atomic E-state index is 0.140. The Kier molecular flexibility index (Phi) is 5.06. The first-order valence-corrected chi connectivity index (χ1v) is 7.01. The van der Waals surface area contributed by atoms with Crippen molar-refractivity contribution in [2.24, 2.45) is 0 Å². The molecule has 0 saturated carbocycles. The zero-order valence-corrected chi connectivity index (χ0v) is 13.2. The van der Waals surface area contributed by atoms with Gasteiger partial charge in [-0.15, -0.1) is 0 Å². The van der Waals surface area contributed by atoms with Crippen LogP contribution in [0.4, 0.5) is 5.69 Å². The van der Waals surface area contributed by atoms with Gasteiger partial charge in [0.25, 0.3) is 0 Å². The van der Waals surface area contributed by atoms with Gasteiger partial charge in [-0.05, 0) is 43.4 Å². The van der Waals surface area contributed by atoms with Crippen LogP contribution in [0.2, 0.25) is 10.0 Å². The summed E-state index contributed by atoms with van der Waals surface area (Å²) in [5.41, 5.74) is 5.39. The lowest BCUT2D eigenvalue weighted by Gasteiger charge is -2.13. The van der Waals surface area contributed by atoms with E-state index in [0.717, 1.165) is 0 Å². The number of thiocarbonyl (C=S) groups is 1. The van der Waals surface area contributed by atoms with Crippen molar-refractivity contribution in [1.29, 1.82) is 0 Å². The lowest BCUT2D eigenvalue weighted by Crippen LogP contribution is -2.43. The van der Waals surface area contributed by atoms with Crippen molar-refractivity contribution in [2.75, 3.05) is 5.32 Å². The molecule has 8 heteroatoms. The maximum absolute atomic E-state index is 11.7. The largest absolute Gasteiger partial charge is 0.456 e. The van der Waals surface area contributed by atoms with E-state index in [4.69, 9.17) is 39.8 Å². The minimum Gasteiger partial charge on any atom is -0.456 e. The Morgan fingerprint density at radius 2 is 1.81 bits per heavy atom. The quantitative estimate of drug-likeness (QED) is 0.575. The summed E-state index contributed by atoms with van der Waals surface area (Å²) >= 11 is 17.0. The van der Waals surface area contributed by atoms with Crippen LogP contribution in [0.1, 0.15) is 16.3 Å². The maximum atomic E-state index is 11.7. The molecule has 0 bridgehead atoms. The molecule has 1 aromatic carbocycles. The first-order chi connectivity index (χ1) is 9.97. The molecule has 21 heavy (non-hydrogen) atoms. The van der Waals surface area contributed by atoms with Crippen LogP contribution in [-0.4, -0.2) is 11.0 Å². The van der Waals surface area contributed by atoms with Gasteiger partial charge in [0.15, 0.2) is 10.9 Å². The Balaban J connectivity index is 1.92. The molecular formula is C13H11Cl2N3O2S. The van der Waals surface area contributed by atoms with E-state index in [1.807, 2.05) is 0 Å². The number of rotatable bonds is 2. The number of carbonyl (C=O) groups excluding carboxylic acids is 1. The average Bonchev–Trinajstić information content (AvgIpc) is 2.87. The normalized spacial score (nSPS) is 10.0. The maximum Gasteiger partial charge on any atom is 0.305 e. The molecule has 0 radical (unpaired) electrons. The molecule has 0 saturated heterocycles. The summed E-state index contributed by atoms with van der Waals surface area (Å²) in [5, 5.41) is 3.77. The van der Waals surface area contributed by atoms with E-state index in [9.17, 15) is 4.79 Å². The third-order valence-corrected chi connectivity index (χ3v) is 3.29. The minimum atomic E-state index is -0.447. The van der Waals surface area contributed by atoms with Crippen molar-refractivity contribution < 1.29 is 9.21 Å². The van der Waals surface area contributed by atoms with Crippen molar-refractivity contribution in [3.8, 4) is 0 Å². The van der Waals surface area contributed by atoms with Crippen LogP contribution in [0.15, 0.2) is 34.7 Å². The number of carbonyl (C=O) groups is 1. The Bertz CT molecular complexity index is 668. The molecule has 1 aromatic heterocycles. The van der Waals surface area contributed by atoms with E-state index < -0.39 is 5.91 Å². The molecule has 0 unspecified atom stereocenters. The molecule has 1 heterocycles. The van der Waals surface area contributed by atoms with Crippen LogP contribution in [0.3, 0.4) is 0 Å². The number of furan rings is 1. The average molecular weight is 344 g/mol. The number of hydrazine groups is 1. The summed E-state index contributed by atoms with van der Waals surface area (Å²) < 4.78 is 5.18. The molecule has 2 rings (SSSR count). The van der Waals surface area contributed by atoms with E-state index in [2.05, 4.69) is 16.2 Å². The predicted octanol–water partition coefficient (Wildman–Crippen LogP) is 3.53. The summed E-state index contributed by atoms with van der Waals surface area (Å²) in [5.74, 6) is 0.375. The molecule has 2 aromatic rings. The highest BCUT2D eigenvalue weighted by atomic mass is 35.5. The number of hydrogen-bond donors (Lipinski definition) is 3. The van der Waals surface area contributed by atoms with E-state index in [0.29, 0.717) is 21.5 Å². The van der Waals surface area contributed by atoms with Crippen LogP contribution in [0, 0.1) is 6.92 Å². The molecule has 1 amide bonds. The zero-order valence-electron chi connectivity index (χ0n) is 10.9. The van der Waals surface area contributed by atoms with Gasteiger partial charge >= 0.3 is 5.91 Å². The Morgan fingerprint density at radius 1 is 1.14 bits per heavy atom. The first kappa shape index (κ1) is 15.6.